The molecule has 0 aliphatic heterocycles. The van der Waals surface area contributed by atoms with Crippen molar-refractivity contribution in [3.8, 4) is 17.1 Å². The van der Waals surface area contributed by atoms with Crippen molar-refractivity contribution in [1.82, 2.24) is 4.98 Å². The van der Waals surface area contributed by atoms with Crippen LogP contribution in [-0.4, -0.2) is 17.0 Å². The molecule has 0 aliphatic carbocycles. The summed E-state index contributed by atoms with van der Waals surface area (Å²) in [5, 5.41) is 2.82. The second-order valence-corrected chi connectivity index (χ2v) is 5.01. The topological polar surface area (TPSA) is 64.4 Å². The van der Waals surface area contributed by atoms with Crippen molar-refractivity contribution in [3.63, 3.8) is 0 Å². The maximum atomic E-state index is 12.2. The highest BCUT2D eigenvalue weighted by molar-refractivity contribution is 5.94. The second kappa shape index (κ2) is 6.79. The van der Waals surface area contributed by atoms with E-state index in [9.17, 15) is 4.79 Å². The highest BCUT2D eigenvalue weighted by Crippen LogP contribution is 2.21. The van der Waals surface area contributed by atoms with Gasteiger partial charge in [0.15, 0.2) is 18.3 Å². The summed E-state index contributed by atoms with van der Waals surface area (Å²) in [5.74, 6) is 1.14. The Morgan fingerprint density at radius 2 is 1.87 bits per heavy atom. The Labute approximate surface area is 133 Å². The zero-order valence-electron chi connectivity index (χ0n) is 12.6. The number of oxazole rings is 1. The Balaban J connectivity index is 1.61. The third-order valence-electron chi connectivity index (χ3n) is 3.29. The average Bonchev–Trinajstić information content (AvgIpc) is 3.11. The third kappa shape index (κ3) is 3.77. The van der Waals surface area contributed by atoms with Gasteiger partial charge in [-0.15, -0.1) is 0 Å². The van der Waals surface area contributed by atoms with Gasteiger partial charge in [-0.05, 0) is 43.3 Å². The van der Waals surface area contributed by atoms with E-state index in [2.05, 4.69) is 10.3 Å². The van der Waals surface area contributed by atoms with Crippen LogP contribution in [0.4, 0.5) is 5.69 Å². The number of amides is 1. The van der Waals surface area contributed by atoms with Gasteiger partial charge in [0.2, 0.25) is 0 Å². The van der Waals surface area contributed by atoms with E-state index in [1.54, 1.807) is 13.1 Å². The van der Waals surface area contributed by atoms with E-state index >= 15 is 0 Å². The number of anilines is 1. The molecule has 1 aromatic heterocycles. The summed E-state index contributed by atoms with van der Waals surface area (Å²) in [6, 6.07) is 16.6. The van der Waals surface area contributed by atoms with Gasteiger partial charge in [0.05, 0.1) is 6.20 Å². The van der Waals surface area contributed by atoms with E-state index in [1.165, 1.54) is 6.39 Å². The van der Waals surface area contributed by atoms with E-state index in [0.29, 0.717) is 17.2 Å². The number of hydrogen-bond donors (Lipinski definition) is 1. The number of carbonyl (C=O) groups is 1. The Hall–Kier alpha value is -3.08. The van der Waals surface area contributed by atoms with Gasteiger partial charge in [-0.25, -0.2) is 4.98 Å². The van der Waals surface area contributed by atoms with E-state index in [1.807, 2.05) is 54.6 Å². The first-order valence-corrected chi connectivity index (χ1v) is 7.24. The van der Waals surface area contributed by atoms with Crippen LogP contribution in [0.5, 0.6) is 5.75 Å². The molecule has 0 fully saturated rings. The van der Waals surface area contributed by atoms with E-state index in [0.717, 1.165) is 5.56 Å². The zero-order valence-corrected chi connectivity index (χ0v) is 12.6. The molecule has 0 radical (unpaired) electrons. The first kappa shape index (κ1) is 14.8. The molecule has 116 valence electrons. The monoisotopic (exact) mass is 308 g/mol. The number of ether oxygens (including phenoxy) is 1. The number of benzene rings is 2. The fourth-order valence-electron chi connectivity index (χ4n) is 2.08. The number of nitrogens with one attached hydrogen (secondary N) is 1. The molecule has 1 unspecified atom stereocenters. The molecule has 23 heavy (non-hydrogen) atoms. The first-order valence-electron chi connectivity index (χ1n) is 7.24. The smallest absolute Gasteiger partial charge is 0.265 e. The number of carbonyl (C=O) groups excluding carboxylic acids is 1. The molecule has 3 aromatic rings. The molecule has 2 aromatic carbocycles. The minimum Gasteiger partial charge on any atom is -0.481 e. The van der Waals surface area contributed by atoms with Crippen molar-refractivity contribution in [3.05, 3.63) is 67.2 Å². The summed E-state index contributed by atoms with van der Waals surface area (Å²) in [5.41, 5.74) is 1.59. The van der Waals surface area contributed by atoms with E-state index < -0.39 is 6.10 Å². The molecule has 3 rings (SSSR count). The summed E-state index contributed by atoms with van der Waals surface area (Å²) < 4.78 is 10.8. The molecular weight excluding hydrogens is 292 g/mol. The summed E-state index contributed by atoms with van der Waals surface area (Å²) in [6.45, 7) is 1.71. The van der Waals surface area contributed by atoms with Crippen LogP contribution in [0.2, 0.25) is 0 Å². The number of para-hydroxylation sites is 1. The van der Waals surface area contributed by atoms with Crippen molar-refractivity contribution < 1.29 is 13.9 Å². The number of hydrogen-bond acceptors (Lipinski definition) is 4. The van der Waals surface area contributed by atoms with Crippen LogP contribution in [0.25, 0.3) is 11.3 Å². The lowest BCUT2D eigenvalue weighted by Crippen LogP contribution is -2.30. The summed E-state index contributed by atoms with van der Waals surface area (Å²) in [4.78, 5) is 16.0. The number of nitrogens with zero attached hydrogens (tertiary/aromatic N) is 1. The van der Waals surface area contributed by atoms with E-state index in [-0.39, 0.29) is 5.91 Å². The Bertz CT molecular complexity index is 753. The molecule has 0 aliphatic rings. The number of aromatic nitrogens is 1. The third-order valence-corrected chi connectivity index (χ3v) is 3.29. The van der Waals surface area contributed by atoms with E-state index in [4.69, 9.17) is 9.15 Å². The lowest BCUT2D eigenvalue weighted by Gasteiger charge is -2.14. The minimum atomic E-state index is -0.591. The maximum Gasteiger partial charge on any atom is 0.265 e. The predicted octanol–water partition coefficient (Wildman–Crippen LogP) is 3.75. The van der Waals surface area contributed by atoms with Gasteiger partial charge in [-0.2, -0.15) is 0 Å². The van der Waals surface area contributed by atoms with Crippen LogP contribution >= 0.6 is 0 Å². The Morgan fingerprint density at radius 3 is 2.52 bits per heavy atom. The maximum absolute atomic E-state index is 12.2. The molecule has 5 nitrogen and oxygen atoms in total. The van der Waals surface area contributed by atoms with Crippen molar-refractivity contribution in [2.24, 2.45) is 0 Å². The first-order chi connectivity index (χ1) is 11.2. The van der Waals surface area contributed by atoms with Gasteiger partial charge >= 0.3 is 0 Å². The van der Waals surface area contributed by atoms with Crippen LogP contribution < -0.4 is 10.1 Å². The van der Waals surface area contributed by atoms with Crippen LogP contribution in [0.15, 0.2) is 71.6 Å². The lowest BCUT2D eigenvalue weighted by atomic mass is 10.1. The number of rotatable bonds is 5. The molecule has 5 heteroatoms. The van der Waals surface area contributed by atoms with Crippen molar-refractivity contribution in [2.75, 3.05) is 5.32 Å². The van der Waals surface area contributed by atoms with Gasteiger partial charge in [0, 0.05) is 11.3 Å². The fraction of sp³-hybridized carbons (Fsp3) is 0.111. The van der Waals surface area contributed by atoms with Gasteiger partial charge in [0.1, 0.15) is 5.75 Å². The molecule has 1 N–H and O–H groups in total. The normalized spacial score (nSPS) is 11.7. The Morgan fingerprint density at radius 1 is 1.13 bits per heavy atom. The van der Waals surface area contributed by atoms with Gasteiger partial charge in [-0.3, -0.25) is 4.79 Å². The van der Waals surface area contributed by atoms with Gasteiger partial charge in [-0.1, -0.05) is 18.2 Å². The van der Waals surface area contributed by atoms with Crippen LogP contribution in [-0.2, 0) is 4.79 Å². The molecule has 0 saturated heterocycles. The SMILES string of the molecule is CC(Oc1ccccc1)C(=O)Nc1ccc(-c2cnco2)cc1. The fourth-order valence-corrected chi connectivity index (χ4v) is 2.08. The molecule has 1 heterocycles. The average molecular weight is 308 g/mol. The highest BCUT2D eigenvalue weighted by Gasteiger charge is 2.14. The lowest BCUT2D eigenvalue weighted by molar-refractivity contribution is -0.122. The summed E-state index contributed by atoms with van der Waals surface area (Å²) in [6.07, 6.45) is 2.43. The molecule has 1 atom stereocenters. The highest BCUT2D eigenvalue weighted by atomic mass is 16.5. The summed E-state index contributed by atoms with van der Waals surface area (Å²) >= 11 is 0. The molecule has 0 saturated carbocycles. The zero-order chi connectivity index (χ0) is 16.1. The standard InChI is InChI=1S/C18H16N2O3/c1-13(23-16-5-3-2-4-6-16)18(21)20-15-9-7-14(8-10-15)17-11-19-12-22-17/h2-13H,1H3,(H,20,21). The second-order valence-electron chi connectivity index (χ2n) is 5.01. The Kier molecular flexibility index (Phi) is 4.38. The van der Waals surface area contributed by atoms with Crippen LogP contribution in [0, 0.1) is 0 Å². The van der Waals surface area contributed by atoms with Gasteiger partial charge < -0.3 is 14.5 Å². The van der Waals surface area contributed by atoms with Gasteiger partial charge in [0.25, 0.3) is 5.91 Å². The van der Waals surface area contributed by atoms with Crippen molar-refractivity contribution in [2.45, 2.75) is 13.0 Å². The minimum absolute atomic E-state index is 0.207. The summed E-state index contributed by atoms with van der Waals surface area (Å²) in [7, 11) is 0. The quantitative estimate of drug-likeness (QED) is 0.779. The van der Waals surface area contributed by atoms with Crippen LogP contribution in [0.1, 0.15) is 6.92 Å². The molecular formula is C18H16N2O3. The van der Waals surface area contributed by atoms with Crippen LogP contribution in [0.3, 0.4) is 0 Å². The molecule has 1 amide bonds. The predicted molar refractivity (Wildman–Crippen MR) is 87.1 cm³/mol. The largest absolute Gasteiger partial charge is 0.481 e. The van der Waals surface area contributed by atoms with Crippen molar-refractivity contribution in [1.29, 1.82) is 0 Å². The van der Waals surface area contributed by atoms with Crippen molar-refractivity contribution >= 4 is 11.6 Å². The molecule has 0 bridgehead atoms. The molecule has 0 spiro atoms.